The van der Waals surface area contributed by atoms with Gasteiger partial charge in [-0.2, -0.15) is 5.10 Å². The third-order valence-corrected chi connectivity index (χ3v) is 1.94. The lowest BCUT2D eigenvalue weighted by atomic mass is 10.1. The summed E-state index contributed by atoms with van der Waals surface area (Å²) in [4.78, 5) is 0. The van der Waals surface area contributed by atoms with Crippen LogP contribution in [-0.2, 0) is 13.5 Å². The van der Waals surface area contributed by atoms with Crippen molar-refractivity contribution in [2.45, 2.75) is 25.9 Å². The maximum atomic E-state index is 9.65. The standard InChI is InChI=1S/C10H14N2O/c1-4-6-10(13)8-7-12(3)11-9(8)5-2/h1,7,10,13H,5-6H2,2-3H3. The van der Waals surface area contributed by atoms with Crippen molar-refractivity contribution < 1.29 is 5.11 Å². The molecule has 0 aliphatic carbocycles. The summed E-state index contributed by atoms with van der Waals surface area (Å²) >= 11 is 0. The number of nitrogens with zero attached hydrogens (tertiary/aromatic N) is 2. The number of rotatable bonds is 3. The van der Waals surface area contributed by atoms with Gasteiger partial charge in [-0.3, -0.25) is 4.68 Å². The molecule has 1 aromatic rings. The lowest BCUT2D eigenvalue weighted by molar-refractivity contribution is 0.183. The van der Waals surface area contributed by atoms with Crippen LogP contribution >= 0.6 is 0 Å². The molecule has 0 aliphatic heterocycles. The summed E-state index contributed by atoms with van der Waals surface area (Å²) in [5, 5.41) is 13.9. The third-order valence-electron chi connectivity index (χ3n) is 1.94. The smallest absolute Gasteiger partial charge is 0.0932 e. The first-order valence-corrected chi connectivity index (χ1v) is 4.33. The average molecular weight is 178 g/mol. The minimum Gasteiger partial charge on any atom is -0.387 e. The molecule has 0 saturated carbocycles. The van der Waals surface area contributed by atoms with Crippen LogP contribution in [0.2, 0.25) is 0 Å². The zero-order chi connectivity index (χ0) is 9.84. The first kappa shape index (κ1) is 9.82. The lowest BCUT2D eigenvalue weighted by Crippen LogP contribution is -1.98. The summed E-state index contributed by atoms with van der Waals surface area (Å²) in [6.45, 7) is 2.01. The van der Waals surface area contributed by atoms with Crippen molar-refractivity contribution in [1.82, 2.24) is 9.78 Å². The van der Waals surface area contributed by atoms with E-state index in [4.69, 9.17) is 6.42 Å². The highest BCUT2D eigenvalue weighted by Crippen LogP contribution is 2.19. The second kappa shape index (κ2) is 4.11. The molecule has 0 fully saturated rings. The Hall–Kier alpha value is -1.27. The molecule has 1 N–H and O–H groups in total. The zero-order valence-electron chi connectivity index (χ0n) is 7.99. The van der Waals surface area contributed by atoms with E-state index in [0.29, 0.717) is 6.42 Å². The van der Waals surface area contributed by atoms with Gasteiger partial charge in [0.05, 0.1) is 11.8 Å². The Labute approximate surface area is 78.4 Å². The minimum absolute atomic E-state index is 0.346. The summed E-state index contributed by atoms with van der Waals surface area (Å²) in [5.41, 5.74) is 1.77. The van der Waals surface area contributed by atoms with E-state index in [1.165, 1.54) is 0 Å². The van der Waals surface area contributed by atoms with Crippen LogP contribution in [0.15, 0.2) is 6.20 Å². The highest BCUT2D eigenvalue weighted by molar-refractivity contribution is 5.21. The molecule has 0 amide bonds. The molecule has 1 unspecified atom stereocenters. The summed E-state index contributed by atoms with van der Waals surface area (Å²) in [6.07, 6.45) is 7.54. The Morgan fingerprint density at radius 3 is 3.00 bits per heavy atom. The maximum absolute atomic E-state index is 9.65. The lowest BCUT2D eigenvalue weighted by Gasteiger charge is -2.05. The van der Waals surface area contributed by atoms with Gasteiger partial charge in [-0.15, -0.1) is 12.3 Å². The summed E-state index contributed by atoms with van der Waals surface area (Å²) in [7, 11) is 1.84. The van der Waals surface area contributed by atoms with Gasteiger partial charge in [0.2, 0.25) is 0 Å². The molecule has 3 nitrogen and oxygen atoms in total. The minimum atomic E-state index is -0.575. The SMILES string of the molecule is C#CCC(O)c1cn(C)nc1CC. The van der Waals surface area contributed by atoms with Gasteiger partial charge in [0, 0.05) is 25.2 Å². The fraction of sp³-hybridized carbons (Fsp3) is 0.500. The van der Waals surface area contributed by atoms with Gasteiger partial charge in [-0.25, -0.2) is 0 Å². The van der Waals surface area contributed by atoms with Crippen LogP contribution in [-0.4, -0.2) is 14.9 Å². The van der Waals surface area contributed by atoms with E-state index in [1.54, 1.807) is 4.68 Å². The predicted octanol–water partition coefficient (Wildman–Crippen LogP) is 1.04. The van der Waals surface area contributed by atoms with Crippen LogP contribution in [0.25, 0.3) is 0 Å². The molecule has 3 heteroatoms. The number of aliphatic hydroxyl groups is 1. The molecule has 0 aromatic carbocycles. The fourth-order valence-corrected chi connectivity index (χ4v) is 1.33. The largest absolute Gasteiger partial charge is 0.387 e. The van der Waals surface area contributed by atoms with Gasteiger partial charge in [-0.05, 0) is 6.42 Å². The Morgan fingerprint density at radius 2 is 2.46 bits per heavy atom. The molecular weight excluding hydrogens is 164 g/mol. The van der Waals surface area contributed by atoms with Gasteiger partial charge in [0.1, 0.15) is 0 Å². The van der Waals surface area contributed by atoms with Crippen LogP contribution in [0.1, 0.15) is 30.7 Å². The Balaban J connectivity index is 2.92. The molecule has 70 valence electrons. The molecular formula is C10H14N2O. The van der Waals surface area contributed by atoms with Crippen molar-refractivity contribution in [3.8, 4) is 12.3 Å². The molecule has 0 aliphatic rings. The van der Waals surface area contributed by atoms with Gasteiger partial charge in [0.15, 0.2) is 0 Å². The predicted molar refractivity (Wildman–Crippen MR) is 51.0 cm³/mol. The number of terminal acetylenes is 1. The molecule has 1 aromatic heterocycles. The van der Waals surface area contributed by atoms with E-state index in [2.05, 4.69) is 11.0 Å². The first-order valence-electron chi connectivity index (χ1n) is 4.33. The van der Waals surface area contributed by atoms with Crippen LogP contribution < -0.4 is 0 Å². The second-order valence-electron chi connectivity index (χ2n) is 2.98. The highest BCUT2D eigenvalue weighted by atomic mass is 16.3. The molecule has 0 radical (unpaired) electrons. The number of hydrogen-bond acceptors (Lipinski definition) is 2. The Bertz CT molecular complexity index is 322. The fourth-order valence-electron chi connectivity index (χ4n) is 1.33. The molecule has 0 spiro atoms. The maximum Gasteiger partial charge on any atom is 0.0932 e. The zero-order valence-corrected chi connectivity index (χ0v) is 7.99. The van der Waals surface area contributed by atoms with Crippen molar-refractivity contribution >= 4 is 0 Å². The first-order chi connectivity index (χ1) is 6.19. The quantitative estimate of drug-likeness (QED) is 0.702. The summed E-state index contributed by atoms with van der Waals surface area (Å²) in [5.74, 6) is 2.44. The van der Waals surface area contributed by atoms with Crippen LogP contribution in [0.3, 0.4) is 0 Å². The van der Waals surface area contributed by atoms with Crippen molar-refractivity contribution in [2.75, 3.05) is 0 Å². The molecule has 13 heavy (non-hydrogen) atoms. The van der Waals surface area contributed by atoms with E-state index in [9.17, 15) is 5.11 Å². The third kappa shape index (κ3) is 2.10. The highest BCUT2D eigenvalue weighted by Gasteiger charge is 2.13. The molecule has 0 saturated heterocycles. The van der Waals surface area contributed by atoms with Crippen molar-refractivity contribution in [3.05, 3.63) is 17.5 Å². The van der Waals surface area contributed by atoms with Gasteiger partial charge in [-0.1, -0.05) is 6.92 Å². The Morgan fingerprint density at radius 1 is 1.77 bits per heavy atom. The van der Waals surface area contributed by atoms with Gasteiger partial charge >= 0.3 is 0 Å². The van der Waals surface area contributed by atoms with E-state index >= 15 is 0 Å². The number of aromatic nitrogens is 2. The molecule has 0 bridgehead atoms. The van der Waals surface area contributed by atoms with E-state index in [1.807, 2.05) is 20.2 Å². The van der Waals surface area contributed by atoms with Gasteiger partial charge < -0.3 is 5.11 Å². The molecule has 1 rings (SSSR count). The van der Waals surface area contributed by atoms with Crippen molar-refractivity contribution in [1.29, 1.82) is 0 Å². The van der Waals surface area contributed by atoms with Gasteiger partial charge in [0.25, 0.3) is 0 Å². The summed E-state index contributed by atoms with van der Waals surface area (Å²) < 4.78 is 1.70. The van der Waals surface area contributed by atoms with Crippen LogP contribution in [0.4, 0.5) is 0 Å². The van der Waals surface area contributed by atoms with Crippen molar-refractivity contribution in [2.24, 2.45) is 7.05 Å². The number of aliphatic hydroxyl groups excluding tert-OH is 1. The average Bonchev–Trinajstić information content (AvgIpc) is 2.47. The monoisotopic (exact) mass is 178 g/mol. The van der Waals surface area contributed by atoms with Crippen LogP contribution in [0, 0.1) is 12.3 Å². The number of hydrogen-bond donors (Lipinski definition) is 1. The normalized spacial score (nSPS) is 12.5. The van der Waals surface area contributed by atoms with Crippen LogP contribution in [0.5, 0.6) is 0 Å². The van der Waals surface area contributed by atoms with E-state index in [-0.39, 0.29) is 0 Å². The van der Waals surface area contributed by atoms with E-state index < -0.39 is 6.10 Å². The van der Waals surface area contributed by atoms with Crippen molar-refractivity contribution in [3.63, 3.8) is 0 Å². The number of aryl methyl sites for hydroxylation is 2. The second-order valence-corrected chi connectivity index (χ2v) is 2.98. The Kier molecular flexibility index (Phi) is 3.10. The summed E-state index contributed by atoms with van der Waals surface area (Å²) in [6, 6.07) is 0. The molecule has 1 atom stereocenters. The topological polar surface area (TPSA) is 38.0 Å². The van der Waals surface area contributed by atoms with E-state index in [0.717, 1.165) is 17.7 Å². The molecule has 1 heterocycles.